The summed E-state index contributed by atoms with van der Waals surface area (Å²) >= 11 is 0. The number of aromatic nitrogens is 3. The molecule has 0 spiro atoms. The van der Waals surface area contributed by atoms with Crippen LogP contribution in [0.1, 0.15) is 114 Å². The fourth-order valence-electron chi connectivity index (χ4n) is 10.0. The van der Waals surface area contributed by atoms with E-state index in [0.29, 0.717) is 34.1 Å². The van der Waals surface area contributed by atoms with E-state index >= 15 is 0 Å². The molecule has 0 aliphatic rings. The van der Waals surface area contributed by atoms with Crippen molar-refractivity contribution in [2.45, 2.75) is 105 Å². The normalized spacial score (nSPS) is 12.8. The Labute approximate surface area is 464 Å². The summed E-state index contributed by atoms with van der Waals surface area (Å²) in [7, 11) is 0. The Bertz CT molecular complexity index is 3800. The van der Waals surface area contributed by atoms with E-state index in [1.165, 1.54) is 5.56 Å². The number of hydrogen-bond acceptors (Lipinski definition) is 3. The number of benzene rings is 8. The van der Waals surface area contributed by atoms with Gasteiger partial charge in [0.25, 0.3) is 0 Å². The maximum Gasteiger partial charge on any atom is 0.148 e. The van der Waals surface area contributed by atoms with E-state index in [9.17, 15) is 9.22 Å². The van der Waals surface area contributed by atoms with Crippen molar-refractivity contribution >= 4 is 11.0 Å². The van der Waals surface area contributed by atoms with E-state index in [4.69, 9.17) is 9.97 Å². The fourth-order valence-corrected chi connectivity index (χ4v) is 10.0. The minimum absolute atomic E-state index is 0. The standard InChI is InChI=1S/C70H68N3O.Pt/c1-44(2)46-26-28-48(29-27-46)51-34-35-71-62(40-51)54-38-52(47-20-15-13-16-21-47)37-53(39-54)57-24-19-25-63-65(57)72-67(60-41-56(69(7,8)9)42-61(66(60)74)70(10,11)12)73(63)64-36-45(3)58(43-59(64)49-22-17-14-18-23-49)50-30-32-55(33-31-50)68(4,5)6;/h13-38,40-44,74H,1-12H3;/q-1;/i3D3;. The molecule has 0 bridgehead atoms. The summed E-state index contributed by atoms with van der Waals surface area (Å²) < 4.78 is 29.6. The van der Waals surface area contributed by atoms with E-state index in [0.717, 1.165) is 83.5 Å². The maximum atomic E-state index is 12.8. The van der Waals surface area contributed by atoms with Crippen molar-refractivity contribution in [1.82, 2.24) is 14.5 Å². The van der Waals surface area contributed by atoms with E-state index in [-0.39, 0.29) is 43.2 Å². The van der Waals surface area contributed by atoms with Gasteiger partial charge in [0.2, 0.25) is 0 Å². The minimum atomic E-state index is -2.51. The van der Waals surface area contributed by atoms with Crippen LogP contribution in [0.3, 0.4) is 0 Å². The van der Waals surface area contributed by atoms with Gasteiger partial charge >= 0.3 is 0 Å². The zero-order valence-corrected chi connectivity index (χ0v) is 47.3. The first kappa shape index (κ1) is 48.8. The van der Waals surface area contributed by atoms with E-state index in [2.05, 4.69) is 190 Å². The van der Waals surface area contributed by atoms with Gasteiger partial charge in [-0.15, -0.1) is 23.8 Å². The van der Waals surface area contributed by atoms with Gasteiger partial charge in [0.15, 0.2) is 0 Å². The Morgan fingerprint density at radius 2 is 1.13 bits per heavy atom. The average Bonchev–Trinajstić information content (AvgIpc) is 4.05. The first-order valence-electron chi connectivity index (χ1n) is 27.4. The van der Waals surface area contributed by atoms with E-state index in [1.807, 2.05) is 79.0 Å². The second-order valence-corrected chi connectivity index (χ2v) is 23.2. The van der Waals surface area contributed by atoms with Crippen molar-refractivity contribution in [3.8, 4) is 89.7 Å². The van der Waals surface area contributed by atoms with Crippen molar-refractivity contribution in [2.75, 3.05) is 0 Å². The topological polar surface area (TPSA) is 50.9 Å². The number of imidazole rings is 1. The molecule has 0 fully saturated rings. The van der Waals surface area contributed by atoms with E-state index < -0.39 is 12.3 Å². The van der Waals surface area contributed by atoms with Crippen molar-refractivity contribution in [1.29, 1.82) is 0 Å². The summed E-state index contributed by atoms with van der Waals surface area (Å²) in [6.45, 7) is 21.3. The van der Waals surface area contributed by atoms with Crippen LogP contribution in [0.5, 0.6) is 5.75 Å². The summed E-state index contributed by atoms with van der Waals surface area (Å²) in [6, 6.07) is 64.1. The number of pyridine rings is 1. The van der Waals surface area contributed by atoms with Crippen LogP contribution in [0.15, 0.2) is 182 Å². The molecule has 0 aliphatic carbocycles. The molecule has 0 aliphatic heterocycles. The molecule has 0 unspecified atom stereocenters. The summed E-state index contributed by atoms with van der Waals surface area (Å²) in [4.78, 5) is 10.6. The van der Waals surface area contributed by atoms with Gasteiger partial charge in [0.05, 0.1) is 22.3 Å². The zero-order valence-electron chi connectivity index (χ0n) is 48.0. The molecule has 10 rings (SSSR count). The van der Waals surface area contributed by atoms with Gasteiger partial charge in [0, 0.05) is 48.2 Å². The van der Waals surface area contributed by atoms with Crippen LogP contribution in [-0.2, 0) is 37.3 Å². The van der Waals surface area contributed by atoms with Crippen molar-refractivity contribution in [3.05, 3.63) is 216 Å². The number of aryl methyl sites for hydroxylation is 1. The van der Waals surface area contributed by atoms with Gasteiger partial charge in [-0.3, -0.25) is 9.55 Å². The molecular formula is C70H68N3OPt-. The van der Waals surface area contributed by atoms with Crippen LogP contribution < -0.4 is 0 Å². The number of fused-ring (bicyclic) bond motifs is 1. The molecule has 380 valence electrons. The Kier molecular flexibility index (Phi) is 13.4. The summed E-state index contributed by atoms with van der Waals surface area (Å²) in [6.07, 6.45) is 1.87. The number of phenols is 1. The van der Waals surface area contributed by atoms with Crippen molar-refractivity contribution in [2.24, 2.45) is 0 Å². The van der Waals surface area contributed by atoms with Gasteiger partial charge in [0.1, 0.15) is 11.6 Å². The SMILES string of the molecule is [2H]C([2H])([2H])c1cc(-n2c(-c3cc(C(C)(C)C)cc(C(C)(C)C)c3O)nc3c(-c4[c-]c(-c5cc(-c6ccc(C(C)C)cc6)ccn5)cc(-c5ccccc5)c4)cccc32)c(-c2ccccc2)cc1-c1ccc(C(C)(C)C)cc1.[Pt]. The minimum Gasteiger partial charge on any atom is -0.507 e. The Morgan fingerprint density at radius 1 is 0.520 bits per heavy atom. The number of phenolic OH excluding ortho intramolecular Hbond substituents is 1. The summed E-state index contributed by atoms with van der Waals surface area (Å²) in [5.74, 6) is 1.04. The Morgan fingerprint density at radius 3 is 1.76 bits per heavy atom. The second kappa shape index (κ2) is 20.5. The molecule has 0 saturated carbocycles. The first-order chi connectivity index (χ1) is 36.4. The smallest absolute Gasteiger partial charge is 0.148 e. The van der Waals surface area contributed by atoms with Gasteiger partial charge in [-0.25, -0.2) is 4.98 Å². The monoisotopic (exact) mass is 1160 g/mol. The third kappa shape index (κ3) is 10.6. The van der Waals surface area contributed by atoms with Crippen molar-refractivity contribution in [3.63, 3.8) is 0 Å². The average molecular weight is 1170 g/mol. The molecule has 0 atom stereocenters. The molecule has 0 saturated heterocycles. The molecule has 0 radical (unpaired) electrons. The molecular weight excluding hydrogens is 1090 g/mol. The Balaban J connectivity index is 0.00000740. The number of rotatable bonds is 9. The Hall–Kier alpha value is -7.13. The van der Waals surface area contributed by atoms with Crippen LogP contribution in [0, 0.1) is 12.9 Å². The first-order valence-corrected chi connectivity index (χ1v) is 25.9. The fraction of sp³-hybridized carbons (Fsp3) is 0.229. The second-order valence-electron chi connectivity index (χ2n) is 23.2. The predicted molar refractivity (Wildman–Crippen MR) is 312 cm³/mol. The van der Waals surface area contributed by atoms with E-state index in [1.54, 1.807) is 0 Å². The predicted octanol–water partition coefficient (Wildman–Crippen LogP) is 18.9. The largest absolute Gasteiger partial charge is 0.507 e. The number of hydrogen-bond donors (Lipinski definition) is 1. The van der Waals surface area contributed by atoms with Gasteiger partial charge < -0.3 is 5.11 Å². The van der Waals surface area contributed by atoms with Crippen LogP contribution >= 0.6 is 0 Å². The molecule has 75 heavy (non-hydrogen) atoms. The van der Waals surface area contributed by atoms with Gasteiger partial charge in [-0.05, 0) is 115 Å². The van der Waals surface area contributed by atoms with Crippen LogP contribution in [0.25, 0.3) is 95.0 Å². The molecule has 2 aromatic heterocycles. The molecule has 10 aromatic rings. The van der Waals surface area contributed by atoms with Crippen LogP contribution in [0.4, 0.5) is 0 Å². The van der Waals surface area contributed by atoms with Gasteiger partial charge in [-0.1, -0.05) is 226 Å². The maximum absolute atomic E-state index is 12.8. The molecule has 0 amide bonds. The molecule has 2 heterocycles. The molecule has 1 N–H and O–H groups in total. The zero-order chi connectivity index (χ0) is 54.8. The van der Waals surface area contributed by atoms with Crippen LogP contribution in [0.2, 0.25) is 0 Å². The number of aromatic hydroxyl groups is 1. The molecule has 4 nitrogen and oxygen atoms in total. The van der Waals surface area contributed by atoms with Gasteiger partial charge in [-0.2, -0.15) is 0 Å². The quantitative estimate of drug-likeness (QED) is 0.147. The molecule has 5 heteroatoms. The summed E-state index contributed by atoms with van der Waals surface area (Å²) in [5.41, 5.74) is 16.8. The third-order valence-electron chi connectivity index (χ3n) is 14.4. The number of para-hydroxylation sites is 1. The van der Waals surface area contributed by atoms with Crippen LogP contribution in [-0.4, -0.2) is 19.6 Å². The number of nitrogens with zero attached hydrogens (tertiary/aromatic N) is 3. The summed E-state index contributed by atoms with van der Waals surface area (Å²) in [5, 5.41) is 12.8. The van der Waals surface area contributed by atoms with Crippen molar-refractivity contribution < 1.29 is 30.3 Å². The third-order valence-corrected chi connectivity index (χ3v) is 14.4. The molecule has 8 aromatic carbocycles.